The van der Waals surface area contributed by atoms with Crippen molar-refractivity contribution in [2.45, 2.75) is 23.9 Å². The van der Waals surface area contributed by atoms with Crippen molar-refractivity contribution in [3.05, 3.63) is 129 Å². The minimum absolute atomic E-state index is 0.00210. The standard InChI is InChI=1S/C31H28Cl3N3O4S/c1-35-31(39)29(18-22-9-4-2-5-10-22)36(20-23-11-8-12-24(32)17-23)30(38)21-37(28-16-15-25(33)19-27(28)34)42(40,41)26-13-6-3-7-14-26/h2-17,19,29H,18,20-21H2,1H3,(H,35,39). The molecular formula is C31H28Cl3N3O4S. The van der Waals surface area contributed by atoms with Crippen LogP contribution in [0.25, 0.3) is 0 Å². The lowest BCUT2D eigenvalue weighted by molar-refractivity contribution is -0.139. The normalized spacial score (nSPS) is 11.9. The molecule has 1 N–H and O–H groups in total. The van der Waals surface area contributed by atoms with E-state index in [4.69, 9.17) is 34.8 Å². The van der Waals surface area contributed by atoms with Gasteiger partial charge in [-0.3, -0.25) is 13.9 Å². The molecule has 1 atom stereocenters. The number of hydrogen-bond donors (Lipinski definition) is 1. The minimum atomic E-state index is -4.27. The van der Waals surface area contributed by atoms with Crippen LogP contribution in [0.3, 0.4) is 0 Å². The summed E-state index contributed by atoms with van der Waals surface area (Å²) in [6, 6.07) is 27.3. The van der Waals surface area contributed by atoms with Crippen molar-refractivity contribution in [1.82, 2.24) is 10.2 Å². The van der Waals surface area contributed by atoms with Gasteiger partial charge >= 0.3 is 0 Å². The zero-order valence-electron chi connectivity index (χ0n) is 22.6. The number of sulfonamides is 1. The van der Waals surface area contributed by atoms with Crippen molar-refractivity contribution in [3.63, 3.8) is 0 Å². The molecule has 218 valence electrons. The van der Waals surface area contributed by atoms with Crippen molar-refractivity contribution in [2.24, 2.45) is 0 Å². The van der Waals surface area contributed by atoms with Crippen LogP contribution in [0.4, 0.5) is 5.69 Å². The van der Waals surface area contributed by atoms with E-state index in [1.54, 1.807) is 42.5 Å². The molecule has 11 heteroatoms. The molecule has 0 heterocycles. The van der Waals surface area contributed by atoms with E-state index >= 15 is 0 Å². The molecule has 7 nitrogen and oxygen atoms in total. The molecule has 2 amide bonds. The molecule has 0 saturated heterocycles. The Morgan fingerprint density at radius 3 is 2.02 bits per heavy atom. The molecule has 0 aromatic heterocycles. The summed E-state index contributed by atoms with van der Waals surface area (Å²) in [5.41, 5.74) is 1.56. The number of rotatable bonds is 11. The molecule has 0 fully saturated rings. The van der Waals surface area contributed by atoms with Gasteiger partial charge in [-0.25, -0.2) is 8.42 Å². The third-order valence-electron chi connectivity index (χ3n) is 6.55. The summed E-state index contributed by atoms with van der Waals surface area (Å²) in [4.78, 5) is 28.9. The molecule has 0 bridgehead atoms. The summed E-state index contributed by atoms with van der Waals surface area (Å²) in [6.07, 6.45) is 0.194. The van der Waals surface area contributed by atoms with Crippen molar-refractivity contribution in [1.29, 1.82) is 0 Å². The lowest BCUT2D eigenvalue weighted by Gasteiger charge is -2.33. The predicted octanol–water partition coefficient (Wildman–Crippen LogP) is 6.23. The number of hydrogen-bond acceptors (Lipinski definition) is 4. The molecule has 0 aliphatic rings. The van der Waals surface area contributed by atoms with Gasteiger partial charge in [0, 0.05) is 30.1 Å². The van der Waals surface area contributed by atoms with Gasteiger partial charge in [-0.2, -0.15) is 0 Å². The van der Waals surface area contributed by atoms with Crippen LogP contribution in [-0.2, 0) is 32.6 Å². The van der Waals surface area contributed by atoms with Gasteiger partial charge in [-0.1, -0.05) is 95.5 Å². The van der Waals surface area contributed by atoms with Crippen LogP contribution in [0.2, 0.25) is 15.1 Å². The average molecular weight is 645 g/mol. The van der Waals surface area contributed by atoms with E-state index in [1.165, 1.54) is 42.3 Å². The molecular weight excluding hydrogens is 617 g/mol. The smallest absolute Gasteiger partial charge is 0.264 e. The van der Waals surface area contributed by atoms with E-state index < -0.39 is 34.4 Å². The highest BCUT2D eigenvalue weighted by Gasteiger charge is 2.35. The zero-order chi connectivity index (χ0) is 30.3. The van der Waals surface area contributed by atoms with Crippen molar-refractivity contribution < 1.29 is 18.0 Å². The Labute approximate surface area is 260 Å². The molecule has 4 aromatic carbocycles. The quantitative estimate of drug-likeness (QED) is 0.210. The molecule has 1 unspecified atom stereocenters. The van der Waals surface area contributed by atoms with Crippen molar-refractivity contribution >= 4 is 62.3 Å². The summed E-state index contributed by atoms with van der Waals surface area (Å²) < 4.78 is 28.8. The van der Waals surface area contributed by atoms with E-state index in [-0.39, 0.29) is 28.6 Å². The molecule has 0 spiro atoms. The fourth-order valence-electron chi connectivity index (χ4n) is 4.47. The van der Waals surface area contributed by atoms with E-state index in [0.717, 1.165) is 9.87 Å². The minimum Gasteiger partial charge on any atom is -0.357 e. The van der Waals surface area contributed by atoms with Crippen LogP contribution in [0.5, 0.6) is 0 Å². The summed E-state index contributed by atoms with van der Waals surface area (Å²) in [5.74, 6) is -1.03. The molecule has 0 aliphatic carbocycles. The summed E-state index contributed by atoms with van der Waals surface area (Å²) in [7, 11) is -2.78. The van der Waals surface area contributed by atoms with Crippen LogP contribution in [0.1, 0.15) is 11.1 Å². The monoisotopic (exact) mass is 643 g/mol. The maximum atomic E-state index is 14.3. The largest absolute Gasteiger partial charge is 0.357 e. The lowest BCUT2D eigenvalue weighted by atomic mass is 10.0. The van der Waals surface area contributed by atoms with Crippen LogP contribution in [0, 0.1) is 0 Å². The third-order valence-corrected chi connectivity index (χ3v) is 9.09. The molecule has 4 aromatic rings. The second kappa shape index (κ2) is 14.1. The molecule has 0 aliphatic heterocycles. The van der Waals surface area contributed by atoms with Gasteiger partial charge in [-0.05, 0) is 53.6 Å². The van der Waals surface area contributed by atoms with Crippen LogP contribution < -0.4 is 9.62 Å². The summed E-state index contributed by atoms with van der Waals surface area (Å²) >= 11 is 18.8. The summed E-state index contributed by atoms with van der Waals surface area (Å²) in [6.45, 7) is -0.640. The predicted molar refractivity (Wildman–Crippen MR) is 167 cm³/mol. The number of halogens is 3. The van der Waals surface area contributed by atoms with E-state index in [0.29, 0.717) is 15.6 Å². The topological polar surface area (TPSA) is 86.8 Å². The van der Waals surface area contributed by atoms with E-state index in [2.05, 4.69) is 5.32 Å². The molecule has 0 radical (unpaired) electrons. The van der Waals surface area contributed by atoms with Crippen molar-refractivity contribution in [2.75, 3.05) is 17.9 Å². The number of amides is 2. The van der Waals surface area contributed by atoms with Gasteiger partial charge in [0.15, 0.2) is 0 Å². The number of carbonyl (C=O) groups is 2. The first-order chi connectivity index (χ1) is 20.1. The number of benzene rings is 4. The maximum Gasteiger partial charge on any atom is 0.264 e. The maximum absolute atomic E-state index is 14.3. The first-order valence-corrected chi connectivity index (χ1v) is 15.5. The average Bonchev–Trinajstić information content (AvgIpc) is 2.98. The highest BCUT2D eigenvalue weighted by molar-refractivity contribution is 7.92. The highest BCUT2D eigenvalue weighted by atomic mass is 35.5. The fourth-order valence-corrected chi connectivity index (χ4v) is 6.70. The van der Waals surface area contributed by atoms with Gasteiger partial charge in [0.25, 0.3) is 10.0 Å². The SMILES string of the molecule is CNC(=O)C(Cc1ccccc1)N(Cc1cccc(Cl)c1)C(=O)CN(c1ccc(Cl)cc1Cl)S(=O)(=O)c1ccccc1. The first-order valence-electron chi connectivity index (χ1n) is 12.9. The van der Waals surface area contributed by atoms with Gasteiger partial charge in [-0.15, -0.1) is 0 Å². The second-order valence-corrected chi connectivity index (χ2v) is 12.5. The Hall–Kier alpha value is -3.56. The van der Waals surface area contributed by atoms with Crippen LogP contribution in [0.15, 0.2) is 108 Å². The Bertz CT molecular complexity index is 1650. The Morgan fingerprint density at radius 2 is 1.40 bits per heavy atom. The zero-order valence-corrected chi connectivity index (χ0v) is 25.7. The van der Waals surface area contributed by atoms with Crippen LogP contribution >= 0.6 is 34.8 Å². The van der Waals surface area contributed by atoms with Crippen LogP contribution in [-0.4, -0.2) is 44.8 Å². The number of nitrogens with zero attached hydrogens (tertiary/aromatic N) is 2. The van der Waals surface area contributed by atoms with E-state index in [1.807, 2.05) is 30.3 Å². The van der Waals surface area contributed by atoms with Crippen molar-refractivity contribution in [3.8, 4) is 0 Å². The molecule has 42 heavy (non-hydrogen) atoms. The highest BCUT2D eigenvalue weighted by Crippen LogP contribution is 2.33. The molecule has 0 saturated carbocycles. The number of likely N-dealkylation sites (N-methyl/N-ethyl adjacent to an activating group) is 1. The number of nitrogens with one attached hydrogen (secondary N) is 1. The Kier molecular flexibility index (Phi) is 10.5. The third kappa shape index (κ3) is 7.63. The van der Waals surface area contributed by atoms with Gasteiger partial charge in [0.1, 0.15) is 12.6 Å². The number of carbonyl (C=O) groups excluding carboxylic acids is 2. The second-order valence-electron chi connectivity index (χ2n) is 9.39. The summed E-state index contributed by atoms with van der Waals surface area (Å²) in [5, 5.41) is 3.45. The Morgan fingerprint density at radius 1 is 0.786 bits per heavy atom. The van der Waals surface area contributed by atoms with Gasteiger partial charge in [0.05, 0.1) is 15.6 Å². The Balaban J connectivity index is 1.81. The lowest BCUT2D eigenvalue weighted by Crippen LogP contribution is -2.53. The van der Waals surface area contributed by atoms with E-state index in [9.17, 15) is 18.0 Å². The molecule has 4 rings (SSSR count). The fraction of sp³-hybridized carbons (Fsp3) is 0.161. The van der Waals surface area contributed by atoms with Gasteiger partial charge in [0.2, 0.25) is 11.8 Å². The number of anilines is 1. The first kappa shape index (κ1) is 31.4. The van der Waals surface area contributed by atoms with Gasteiger partial charge < -0.3 is 10.2 Å².